The number of ether oxygens (including phenoxy) is 1. The van der Waals surface area contributed by atoms with E-state index in [1.807, 2.05) is 7.05 Å². The lowest BCUT2D eigenvalue weighted by molar-refractivity contribution is -1.11. The summed E-state index contributed by atoms with van der Waals surface area (Å²) in [4.78, 5) is 17.0. The number of likely N-dealkylation sites (tertiary alicyclic amines) is 1. The Hall–Kier alpha value is -0.650. The van der Waals surface area contributed by atoms with E-state index in [-0.39, 0.29) is 12.0 Å². The van der Waals surface area contributed by atoms with Crippen molar-refractivity contribution in [2.75, 3.05) is 34.5 Å². The molecule has 0 aliphatic carbocycles. The minimum Gasteiger partial charge on any atom is -0.465 e. The molecule has 0 amide bonds. The summed E-state index contributed by atoms with van der Waals surface area (Å²) < 4.78 is 5.11. The van der Waals surface area contributed by atoms with E-state index < -0.39 is 0 Å². The maximum absolute atomic E-state index is 11.5. The van der Waals surface area contributed by atoms with Crippen molar-refractivity contribution < 1.29 is 19.0 Å². The van der Waals surface area contributed by atoms with Crippen molar-refractivity contribution in [3.8, 4) is 0 Å². The molecule has 5 nitrogen and oxygen atoms in total. The van der Waals surface area contributed by atoms with Crippen LogP contribution >= 0.6 is 0 Å². The van der Waals surface area contributed by atoms with E-state index in [4.69, 9.17) is 9.57 Å². The second-order valence-corrected chi connectivity index (χ2v) is 3.55. The van der Waals surface area contributed by atoms with Gasteiger partial charge < -0.3 is 4.74 Å². The predicted octanol–water partition coefficient (Wildman–Crippen LogP) is -0.123. The monoisotopic (exact) mass is 203 g/mol. The summed E-state index contributed by atoms with van der Waals surface area (Å²) in [5.41, 5.74) is 0. The van der Waals surface area contributed by atoms with E-state index in [1.165, 1.54) is 7.11 Å². The molecular weight excluding hydrogens is 184 g/mol. The van der Waals surface area contributed by atoms with Crippen LogP contribution in [0.3, 0.4) is 0 Å². The Labute approximate surface area is 84.5 Å². The van der Waals surface area contributed by atoms with Crippen LogP contribution in [-0.4, -0.2) is 51.1 Å². The smallest absolute Gasteiger partial charge is 0.367 e. The molecule has 1 rings (SSSR count). The summed E-state index contributed by atoms with van der Waals surface area (Å²) in [6.07, 6.45) is 1.83. The quantitative estimate of drug-likeness (QED) is 0.511. The summed E-state index contributed by atoms with van der Waals surface area (Å²) in [5, 5.41) is 3.05. The third kappa shape index (κ3) is 1.89. The fraction of sp³-hybridized carbons (Fsp3) is 0.889. The van der Waals surface area contributed by atoms with E-state index in [9.17, 15) is 4.79 Å². The lowest BCUT2D eigenvalue weighted by Crippen LogP contribution is -2.57. The first-order valence-electron chi connectivity index (χ1n) is 4.85. The van der Waals surface area contributed by atoms with E-state index in [1.54, 1.807) is 7.11 Å². The molecule has 0 aromatic carbocycles. The molecule has 1 saturated heterocycles. The molecule has 82 valence electrons. The summed E-state index contributed by atoms with van der Waals surface area (Å²) in [6, 6.07) is -0.183. The van der Waals surface area contributed by atoms with Gasteiger partial charge >= 0.3 is 5.97 Å². The number of hydrogen-bond acceptors (Lipinski definition) is 4. The zero-order valence-corrected chi connectivity index (χ0v) is 9.08. The van der Waals surface area contributed by atoms with Crippen molar-refractivity contribution in [1.82, 2.24) is 5.32 Å². The second-order valence-electron chi connectivity index (χ2n) is 3.55. The molecule has 0 aromatic rings. The predicted molar refractivity (Wildman–Crippen MR) is 51.1 cm³/mol. The lowest BCUT2D eigenvalue weighted by atomic mass is 10.2. The first-order chi connectivity index (χ1) is 6.70. The summed E-state index contributed by atoms with van der Waals surface area (Å²) in [7, 11) is 4.91. The number of methoxy groups -OCH3 is 1. The second kappa shape index (κ2) is 4.72. The summed E-state index contributed by atoms with van der Waals surface area (Å²) in [5.74, 6) is -0.181. The number of nitrogens with one attached hydrogen (secondary N) is 1. The van der Waals surface area contributed by atoms with Gasteiger partial charge in [-0.05, 0) is 7.05 Å². The van der Waals surface area contributed by atoms with Gasteiger partial charge in [0.25, 0.3) is 0 Å². The Bertz CT molecular complexity index is 210. The van der Waals surface area contributed by atoms with Gasteiger partial charge in [0.2, 0.25) is 6.04 Å². The van der Waals surface area contributed by atoms with Crippen molar-refractivity contribution in [3.05, 3.63) is 0 Å². The fourth-order valence-electron chi connectivity index (χ4n) is 2.13. The average molecular weight is 203 g/mol. The van der Waals surface area contributed by atoms with Gasteiger partial charge in [-0.15, -0.1) is 0 Å². The molecule has 1 fully saturated rings. The van der Waals surface area contributed by atoms with E-state index in [2.05, 4.69) is 5.32 Å². The van der Waals surface area contributed by atoms with Gasteiger partial charge in [0.15, 0.2) is 6.67 Å². The van der Waals surface area contributed by atoms with Crippen LogP contribution in [0.25, 0.3) is 0 Å². The molecule has 1 aliphatic rings. The molecule has 0 radical (unpaired) electrons. The molecule has 0 bridgehead atoms. The highest BCUT2D eigenvalue weighted by molar-refractivity contribution is 5.74. The van der Waals surface area contributed by atoms with Gasteiger partial charge in [-0.1, -0.05) is 0 Å². The maximum atomic E-state index is 11.5. The topological polar surface area (TPSA) is 47.6 Å². The molecule has 5 heteroatoms. The van der Waals surface area contributed by atoms with Gasteiger partial charge in [-0.3, -0.25) is 5.32 Å². The number of carbonyl (C=O) groups is 1. The van der Waals surface area contributed by atoms with Crippen LogP contribution in [0.15, 0.2) is 0 Å². The molecule has 0 spiro atoms. The van der Waals surface area contributed by atoms with Crippen LogP contribution in [0.2, 0.25) is 0 Å². The van der Waals surface area contributed by atoms with E-state index in [0.29, 0.717) is 11.3 Å². The minimum atomic E-state index is -0.183. The molecule has 1 unspecified atom stereocenters. The molecule has 1 heterocycles. The van der Waals surface area contributed by atoms with Crippen LogP contribution in [0.1, 0.15) is 12.8 Å². The minimum absolute atomic E-state index is 0.181. The molecule has 0 aromatic heterocycles. The zero-order valence-electron chi connectivity index (χ0n) is 9.08. The fourth-order valence-corrected chi connectivity index (χ4v) is 2.13. The average Bonchev–Trinajstić information content (AvgIpc) is 2.62. The van der Waals surface area contributed by atoms with E-state index >= 15 is 0 Å². The third-order valence-corrected chi connectivity index (χ3v) is 2.84. The number of rotatable bonds is 4. The van der Waals surface area contributed by atoms with Crippen LogP contribution in [0, 0.1) is 0 Å². The maximum Gasteiger partial charge on any atom is 0.367 e. The van der Waals surface area contributed by atoms with Crippen LogP contribution in [-0.2, 0) is 14.4 Å². The number of carbonyl (C=O) groups excluding carboxylic acids is 1. The Morgan fingerprint density at radius 2 is 2.29 bits per heavy atom. The lowest BCUT2D eigenvalue weighted by Gasteiger charge is -2.33. The Morgan fingerprint density at radius 3 is 2.79 bits per heavy atom. The SMILES string of the molecule is CNC[N+]1(OC)CCC[C@H]1C(=O)OC. The van der Waals surface area contributed by atoms with Crippen LogP contribution in [0.5, 0.6) is 0 Å². The summed E-state index contributed by atoms with van der Waals surface area (Å²) in [6.45, 7) is 1.49. The normalized spacial score (nSPS) is 31.8. The Morgan fingerprint density at radius 1 is 1.57 bits per heavy atom. The molecule has 1 aliphatic heterocycles. The van der Waals surface area contributed by atoms with Gasteiger partial charge in [-0.2, -0.15) is 4.65 Å². The number of hydroxylamine groups is 3. The van der Waals surface area contributed by atoms with Crippen LogP contribution in [0.4, 0.5) is 0 Å². The molecule has 1 N–H and O–H groups in total. The Kier molecular flexibility index (Phi) is 3.86. The first-order valence-corrected chi connectivity index (χ1v) is 4.85. The highest BCUT2D eigenvalue weighted by Gasteiger charge is 2.48. The van der Waals surface area contributed by atoms with Crippen LogP contribution < -0.4 is 5.32 Å². The number of esters is 1. The standard InChI is InChI=1S/C9H19N2O3/c1-10-7-11(14-3)6-4-5-8(11)9(12)13-2/h8,10H,4-7H2,1-3H3/q+1/t8-,11?/m0/s1. The molecular formula is C9H19N2O3+. The molecule has 2 atom stereocenters. The van der Waals surface area contributed by atoms with Crippen molar-refractivity contribution in [3.63, 3.8) is 0 Å². The number of nitrogens with zero attached hydrogens (tertiary/aromatic N) is 1. The van der Waals surface area contributed by atoms with Crippen molar-refractivity contribution >= 4 is 5.97 Å². The third-order valence-electron chi connectivity index (χ3n) is 2.84. The number of hydrogen-bond donors (Lipinski definition) is 1. The van der Waals surface area contributed by atoms with Crippen molar-refractivity contribution in [2.45, 2.75) is 18.9 Å². The first kappa shape index (κ1) is 11.4. The molecule has 14 heavy (non-hydrogen) atoms. The zero-order chi connectivity index (χ0) is 10.6. The highest BCUT2D eigenvalue weighted by atomic mass is 16.7. The molecule has 0 saturated carbocycles. The summed E-state index contributed by atoms with van der Waals surface area (Å²) >= 11 is 0. The largest absolute Gasteiger partial charge is 0.465 e. The van der Waals surface area contributed by atoms with E-state index in [0.717, 1.165) is 19.4 Å². The van der Waals surface area contributed by atoms with Crippen molar-refractivity contribution in [1.29, 1.82) is 0 Å². The highest BCUT2D eigenvalue weighted by Crippen LogP contribution is 2.27. The van der Waals surface area contributed by atoms with Crippen molar-refractivity contribution in [2.24, 2.45) is 0 Å². The Balaban J connectivity index is 2.77. The van der Waals surface area contributed by atoms with Gasteiger partial charge in [0.05, 0.1) is 14.2 Å². The van der Waals surface area contributed by atoms with Gasteiger partial charge in [-0.25, -0.2) is 9.63 Å². The van der Waals surface area contributed by atoms with Gasteiger partial charge in [0.1, 0.15) is 6.54 Å². The number of quaternary nitrogens is 1. The van der Waals surface area contributed by atoms with Gasteiger partial charge in [0, 0.05) is 12.8 Å².